The largest absolute Gasteiger partial charge is 0.483 e. The number of aryl methyl sites for hydroxylation is 2. The Morgan fingerprint density at radius 3 is 2.46 bits per heavy atom. The summed E-state index contributed by atoms with van der Waals surface area (Å²) in [5, 5.41) is 26.1. The highest BCUT2D eigenvalue weighted by atomic mass is 16.6. The summed E-state index contributed by atoms with van der Waals surface area (Å²) in [6.07, 6.45) is 1.37. The Hall–Kier alpha value is -4.80. The SMILES string of the molecule is Cc1ccc(C)c(OCC(=O)NN=Cc2cccc(Oc3ccc([N+](=O)[O-])cc3[N+](=O)[O-])c2)c1C. The second kappa shape index (κ2) is 10.9. The molecular formula is C24H22N4O7. The Kier molecular flexibility index (Phi) is 7.72. The van der Waals surface area contributed by atoms with Crippen LogP contribution in [-0.2, 0) is 4.79 Å². The number of benzene rings is 3. The van der Waals surface area contributed by atoms with Gasteiger partial charge in [-0.05, 0) is 61.2 Å². The standard InChI is InChI=1S/C24H22N4O7/c1-15-7-8-16(2)24(17(15)3)34-14-23(29)26-25-13-18-5-4-6-20(11-18)35-22-10-9-19(27(30)31)12-21(22)28(32)33/h4-13H,14H2,1-3H3,(H,26,29). The monoisotopic (exact) mass is 478 g/mol. The van der Waals surface area contributed by atoms with Gasteiger partial charge in [0, 0.05) is 6.07 Å². The van der Waals surface area contributed by atoms with Gasteiger partial charge >= 0.3 is 5.69 Å². The van der Waals surface area contributed by atoms with Gasteiger partial charge in [-0.3, -0.25) is 25.0 Å². The molecule has 1 N–H and O–H groups in total. The molecule has 3 aromatic carbocycles. The smallest absolute Gasteiger partial charge is 0.318 e. The first-order chi connectivity index (χ1) is 16.7. The number of nitro benzene ring substituents is 2. The first-order valence-corrected chi connectivity index (χ1v) is 10.4. The van der Waals surface area contributed by atoms with Gasteiger partial charge in [0.1, 0.15) is 11.5 Å². The number of nitro groups is 2. The van der Waals surface area contributed by atoms with Crippen LogP contribution in [0.2, 0.25) is 0 Å². The molecule has 0 radical (unpaired) electrons. The van der Waals surface area contributed by atoms with E-state index in [-0.39, 0.29) is 18.1 Å². The van der Waals surface area contributed by atoms with Gasteiger partial charge in [-0.2, -0.15) is 5.10 Å². The van der Waals surface area contributed by atoms with Crippen molar-refractivity contribution in [2.45, 2.75) is 20.8 Å². The maximum atomic E-state index is 12.1. The summed E-state index contributed by atoms with van der Waals surface area (Å²) in [4.78, 5) is 32.8. The van der Waals surface area contributed by atoms with E-state index in [1.807, 2.05) is 32.9 Å². The van der Waals surface area contributed by atoms with Gasteiger partial charge in [-0.25, -0.2) is 5.43 Å². The van der Waals surface area contributed by atoms with Crippen molar-refractivity contribution in [3.8, 4) is 17.2 Å². The van der Waals surface area contributed by atoms with E-state index in [0.717, 1.165) is 34.9 Å². The zero-order chi connectivity index (χ0) is 25.5. The average Bonchev–Trinajstić information content (AvgIpc) is 2.82. The molecule has 3 rings (SSSR count). The predicted molar refractivity (Wildman–Crippen MR) is 128 cm³/mol. The lowest BCUT2D eigenvalue weighted by atomic mass is 10.1. The van der Waals surface area contributed by atoms with Crippen molar-refractivity contribution in [1.82, 2.24) is 5.43 Å². The number of non-ortho nitro benzene ring substituents is 1. The van der Waals surface area contributed by atoms with Crippen molar-refractivity contribution in [2.24, 2.45) is 5.10 Å². The molecule has 0 saturated carbocycles. The number of nitrogens with zero attached hydrogens (tertiary/aromatic N) is 3. The van der Waals surface area contributed by atoms with Gasteiger partial charge in [-0.15, -0.1) is 0 Å². The predicted octanol–water partition coefficient (Wildman–Crippen LogP) is 4.75. The molecule has 0 aliphatic rings. The zero-order valence-corrected chi connectivity index (χ0v) is 19.2. The third kappa shape index (κ3) is 6.38. The zero-order valence-electron chi connectivity index (χ0n) is 19.2. The Morgan fingerprint density at radius 1 is 1.00 bits per heavy atom. The minimum absolute atomic E-state index is 0.151. The third-order valence-corrected chi connectivity index (χ3v) is 5.06. The maximum absolute atomic E-state index is 12.1. The van der Waals surface area contributed by atoms with E-state index in [1.54, 1.807) is 18.2 Å². The highest BCUT2D eigenvalue weighted by Gasteiger charge is 2.21. The summed E-state index contributed by atoms with van der Waals surface area (Å²) in [5.41, 5.74) is 4.91. The first kappa shape index (κ1) is 24.8. The second-order valence-electron chi connectivity index (χ2n) is 7.58. The van der Waals surface area contributed by atoms with E-state index in [2.05, 4.69) is 10.5 Å². The van der Waals surface area contributed by atoms with Crippen LogP contribution in [0.25, 0.3) is 0 Å². The minimum atomic E-state index is -0.759. The van der Waals surface area contributed by atoms with Crippen LogP contribution in [0.15, 0.2) is 59.7 Å². The maximum Gasteiger partial charge on any atom is 0.318 e. The molecule has 0 aliphatic heterocycles. The van der Waals surface area contributed by atoms with E-state index in [1.165, 1.54) is 12.3 Å². The van der Waals surface area contributed by atoms with Crippen LogP contribution >= 0.6 is 0 Å². The Bertz CT molecular complexity index is 1320. The summed E-state index contributed by atoms with van der Waals surface area (Å²) in [5.74, 6) is 0.303. The summed E-state index contributed by atoms with van der Waals surface area (Å²) < 4.78 is 11.2. The van der Waals surface area contributed by atoms with Gasteiger partial charge in [0.2, 0.25) is 5.75 Å². The Labute approximate surface area is 200 Å². The molecule has 3 aromatic rings. The van der Waals surface area contributed by atoms with Gasteiger partial charge in [0.15, 0.2) is 6.61 Å². The number of carbonyl (C=O) groups is 1. The summed E-state index contributed by atoms with van der Waals surface area (Å²) >= 11 is 0. The van der Waals surface area contributed by atoms with Crippen molar-refractivity contribution in [1.29, 1.82) is 0 Å². The van der Waals surface area contributed by atoms with Crippen molar-refractivity contribution in [3.63, 3.8) is 0 Å². The van der Waals surface area contributed by atoms with Crippen LogP contribution < -0.4 is 14.9 Å². The number of ether oxygens (including phenoxy) is 2. The molecule has 180 valence electrons. The number of amides is 1. The van der Waals surface area contributed by atoms with Crippen LogP contribution in [-0.4, -0.2) is 28.6 Å². The topological polar surface area (TPSA) is 146 Å². The Balaban J connectivity index is 1.63. The summed E-state index contributed by atoms with van der Waals surface area (Å²) in [6.45, 7) is 5.57. The third-order valence-electron chi connectivity index (χ3n) is 5.06. The van der Waals surface area contributed by atoms with E-state index >= 15 is 0 Å². The minimum Gasteiger partial charge on any atom is -0.483 e. The molecule has 0 aliphatic carbocycles. The fourth-order valence-electron chi connectivity index (χ4n) is 3.13. The molecule has 0 heterocycles. The van der Waals surface area contributed by atoms with Crippen molar-refractivity contribution in [3.05, 3.63) is 97.1 Å². The van der Waals surface area contributed by atoms with Crippen molar-refractivity contribution in [2.75, 3.05) is 6.61 Å². The van der Waals surface area contributed by atoms with Crippen LogP contribution in [0, 0.1) is 41.0 Å². The molecule has 0 saturated heterocycles. The van der Waals surface area contributed by atoms with Gasteiger partial charge in [-0.1, -0.05) is 24.3 Å². The number of hydrogen-bond donors (Lipinski definition) is 1. The fraction of sp³-hybridized carbons (Fsp3) is 0.167. The highest BCUT2D eigenvalue weighted by molar-refractivity contribution is 5.83. The van der Waals surface area contributed by atoms with E-state index in [9.17, 15) is 25.0 Å². The fourth-order valence-corrected chi connectivity index (χ4v) is 3.13. The van der Waals surface area contributed by atoms with Crippen molar-refractivity contribution < 1.29 is 24.1 Å². The van der Waals surface area contributed by atoms with Crippen molar-refractivity contribution >= 4 is 23.5 Å². The lowest BCUT2D eigenvalue weighted by Gasteiger charge is -2.13. The molecule has 0 spiro atoms. The number of hydrogen-bond acceptors (Lipinski definition) is 8. The number of nitrogens with one attached hydrogen (secondary N) is 1. The molecule has 0 bridgehead atoms. The lowest BCUT2D eigenvalue weighted by Crippen LogP contribution is -2.25. The summed E-state index contributed by atoms with van der Waals surface area (Å²) in [7, 11) is 0. The van der Waals surface area contributed by atoms with Crippen LogP contribution in [0.4, 0.5) is 11.4 Å². The van der Waals surface area contributed by atoms with E-state index in [4.69, 9.17) is 9.47 Å². The van der Waals surface area contributed by atoms with Crippen LogP contribution in [0.5, 0.6) is 17.2 Å². The molecular weight excluding hydrogens is 456 g/mol. The lowest BCUT2D eigenvalue weighted by molar-refractivity contribution is -0.394. The Morgan fingerprint density at radius 2 is 1.74 bits per heavy atom. The molecule has 1 amide bonds. The number of rotatable bonds is 9. The average molecular weight is 478 g/mol. The van der Waals surface area contributed by atoms with Gasteiger partial charge < -0.3 is 9.47 Å². The summed E-state index contributed by atoms with van der Waals surface area (Å²) in [6, 6.07) is 13.4. The van der Waals surface area contributed by atoms with Crippen LogP contribution in [0.1, 0.15) is 22.3 Å². The van der Waals surface area contributed by atoms with Crippen LogP contribution in [0.3, 0.4) is 0 Å². The second-order valence-corrected chi connectivity index (χ2v) is 7.58. The van der Waals surface area contributed by atoms with E-state index in [0.29, 0.717) is 11.3 Å². The highest BCUT2D eigenvalue weighted by Crippen LogP contribution is 2.34. The quantitative estimate of drug-likeness (QED) is 0.265. The number of hydrazone groups is 1. The molecule has 0 unspecified atom stereocenters. The van der Waals surface area contributed by atoms with Gasteiger partial charge in [0.25, 0.3) is 11.6 Å². The normalized spacial score (nSPS) is 10.7. The number of carbonyl (C=O) groups excluding carboxylic acids is 1. The molecule has 11 heteroatoms. The first-order valence-electron chi connectivity index (χ1n) is 10.4. The van der Waals surface area contributed by atoms with Gasteiger partial charge in [0.05, 0.1) is 22.1 Å². The molecule has 35 heavy (non-hydrogen) atoms. The molecule has 0 aromatic heterocycles. The molecule has 0 atom stereocenters. The molecule has 11 nitrogen and oxygen atoms in total. The molecule has 0 fully saturated rings. The van der Waals surface area contributed by atoms with E-state index < -0.39 is 27.1 Å².